The molecule has 2 aromatic rings. The molecule has 0 heterocycles. The molecule has 0 aliphatic carbocycles. The van der Waals surface area contributed by atoms with Crippen LogP contribution in [0.3, 0.4) is 0 Å². The van der Waals surface area contributed by atoms with Crippen LogP contribution in [0.5, 0.6) is 5.75 Å². The molecule has 0 saturated carbocycles. The van der Waals surface area contributed by atoms with Crippen molar-refractivity contribution in [3.63, 3.8) is 0 Å². The van der Waals surface area contributed by atoms with Gasteiger partial charge in [0, 0.05) is 25.9 Å². The van der Waals surface area contributed by atoms with Crippen LogP contribution in [0.4, 0.5) is 0 Å². The largest absolute Gasteiger partial charge is 0.508 e. The normalized spacial score (nSPS) is 12.6. The Kier molecular flexibility index (Phi) is 13.8. The van der Waals surface area contributed by atoms with Gasteiger partial charge in [-0.1, -0.05) is 42.5 Å². The number of phenolic OH excluding ortho intramolecular Hbond substituents is 1. The number of nitrogens with two attached hydrogens (primary N) is 4. The third kappa shape index (κ3) is 13.2. The second-order valence-electron chi connectivity index (χ2n) is 9.64. The predicted molar refractivity (Wildman–Crippen MR) is 161 cm³/mol. The summed E-state index contributed by atoms with van der Waals surface area (Å²) in [6.45, 7) is 0.0431. The fourth-order valence-corrected chi connectivity index (χ4v) is 4.02. The standard InChI is InChI=1S/C28H39N9O6/c29-27(30)34-13-4-7-20(35-26(43)22(37-28(31)32)16-18-8-10-19(38)11-9-18)25(42)36-21(15-17-5-2-1-3-6-17)24(41)33-14-12-23(39)40/h1-3,5-6,8-11,20-22,38H,4,7,12-16H2,(H,33,41)(H,35,43)(H,36,42)(H,39,40)(H4,29,30,34)(H4,31,32,37)/t20-,21+,22+/m1/s1. The molecule has 0 spiro atoms. The first-order valence-corrected chi connectivity index (χ1v) is 13.5. The lowest BCUT2D eigenvalue weighted by atomic mass is 10.0. The number of aromatic hydroxyl groups is 1. The fourth-order valence-electron chi connectivity index (χ4n) is 4.02. The molecular weight excluding hydrogens is 558 g/mol. The number of hydrogen-bond donors (Lipinski definition) is 9. The maximum absolute atomic E-state index is 13.5. The van der Waals surface area contributed by atoms with Gasteiger partial charge in [-0.05, 0) is 36.1 Å². The average Bonchev–Trinajstić information content (AvgIpc) is 2.94. The molecule has 0 fully saturated rings. The smallest absolute Gasteiger partial charge is 0.305 e. The van der Waals surface area contributed by atoms with Crippen molar-refractivity contribution in [2.24, 2.45) is 32.9 Å². The summed E-state index contributed by atoms with van der Waals surface area (Å²) in [7, 11) is 0. The lowest BCUT2D eigenvalue weighted by Gasteiger charge is -2.24. The van der Waals surface area contributed by atoms with Crippen LogP contribution < -0.4 is 38.9 Å². The molecule has 0 radical (unpaired) electrons. The zero-order valence-corrected chi connectivity index (χ0v) is 23.6. The predicted octanol–water partition coefficient (Wildman–Crippen LogP) is -1.57. The van der Waals surface area contributed by atoms with Crippen LogP contribution in [0.25, 0.3) is 0 Å². The van der Waals surface area contributed by atoms with E-state index in [4.69, 9.17) is 28.0 Å². The Balaban J connectivity index is 2.27. The molecule has 0 aliphatic heterocycles. The molecule has 3 amide bonds. The fraction of sp³-hybridized carbons (Fsp3) is 0.357. The molecule has 0 aromatic heterocycles. The Morgan fingerprint density at radius 3 is 2.00 bits per heavy atom. The van der Waals surface area contributed by atoms with E-state index < -0.39 is 41.8 Å². The van der Waals surface area contributed by atoms with Crippen LogP contribution in [-0.2, 0) is 32.0 Å². The molecule has 0 saturated heterocycles. The molecule has 15 heteroatoms. The Morgan fingerprint density at radius 1 is 0.767 bits per heavy atom. The van der Waals surface area contributed by atoms with E-state index in [0.717, 1.165) is 5.56 Å². The first-order chi connectivity index (χ1) is 20.4. The minimum absolute atomic E-state index is 0.0427. The van der Waals surface area contributed by atoms with Crippen LogP contribution in [0.1, 0.15) is 30.4 Å². The minimum atomic E-state index is -1.14. The highest BCUT2D eigenvalue weighted by Gasteiger charge is 2.29. The van der Waals surface area contributed by atoms with Crippen molar-refractivity contribution < 1.29 is 29.4 Å². The Labute approximate surface area is 248 Å². The number of phenols is 1. The molecular formula is C28H39N9O6. The molecule has 2 aromatic carbocycles. The highest BCUT2D eigenvalue weighted by molar-refractivity contribution is 5.94. The lowest BCUT2D eigenvalue weighted by Crippen LogP contribution is -2.55. The summed E-state index contributed by atoms with van der Waals surface area (Å²) in [4.78, 5) is 58.7. The number of carboxylic acids is 1. The number of carbonyl (C=O) groups is 4. The third-order valence-corrected chi connectivity index (χ3v) is 6.10. The van der Waals surface area contributed by atoms with Gasteiger partial charge in [0.1, 0.15) is 23.9 Å². The maximum atomic E-state index is 13.5. The number of aliphatic imine (C=N–C) groups is 2. The van der Waals surface area contributed by atoms with Gasteiger partial charge in [-0.3, -0.25) is 24.2 Å². The van der Waals surface area contributed by atoms with Gasteiger partial charge in [0.15, 0.2) is 11.9 Å². The zero-order valence-electron chi connectivity index (χ0n) is 23.6. The van der Waals surface area contributed by atoms with Crippen LogP contribution >= 0.6 is 0 Å². The number of nitrogens with one attached hydrogen (secondary N) is 3. The topological polar surface area (TPSA) is 274 Å². The maximum Gasteiger partial charge on any atom is 0.305 e. The molecule has 15 nitrogen and oxygen atoms in total. The van der Waals surface area contributed by atoms with E-state index in [2.05, 4.69) is 25.9 Å². The molecule has 0 unspecified atom stereocenters. The van der Waals surface area contributed by atoms with Crippen molar-refractivity contribution in [2.75, 3.05) is 13.1 Å². The summed E-state index contributed by atoms with van der Waals surface area (Å²) < 4.78 is 0. The van der Waals surface area contributed by atoms with E-state index in [-0.39, 0.29) is 56.4 Å². The van der Waals surface area contributed by atoms with Gasteiger partial charge < -0.3 is 49.1 Å². The lowest BCUT2D eigenvalue weighted by molar-refractivity contribution is -0.137. The Hall–Kier alpha value is -5.34. The van der Waals surface area contributed by atoms with Crippen molar-refractivity contribution in [2.45, 2.75) is 50.2 Å². The molecule has 0 aliphatic rings. The summed E-state index contributed by atoms with van der Waals surface area (Å²) >= 11 is 0. The summed E-state index contributed by atoms with van der Waals surface area (Å²) in [5.74, 6) is -3.43. The molecule has 43 heavy (non-hydrogen) atoms. The van der Waals surface area contributed by atoms with Gasteiger partial charge >= 0.3 is 5.97 Å². The van der Waals surface area contributed by atoms with Crippen molar-refractivity contribution in [3.8, 4) is 5.75 Å². The molecule has 3 atom stereocenters. The Morgan fingerprint density at radius 2 is 1.40 bits per heavy atom. The van der Waals surface area contributed by atoms with Gasteiger partial charge in [0.25, 0.3) is 0 Å². The van der Waals surface area contributed by atoms with Crippen molar-refractivity contribution >= 4 is 35.6 Å². The number of nitrogens with zero attached hydrogens (tertiary/aromatic N) is 2. The van der Waals surface area contributed by atoms with Gasteiger partial charge in [-0.15, -0.1) is 0 Å². The number of benzene rings is 2. The first-order valence-electron chi connectivity index (χ1n) is 13.5. The molecule has 2 rings (SSSR count). The summed E-state index contributed by atoms with van der Waals surface area (Å²) in [5.41, 5.74) is 23.3. The number of carbonyl (C=O) groups excluding carboxylic acids is 3. The second kappa shape index (κ2) is 17.5. The van der Waals surface area contributed by atoms with Crippen LogP contribution in [0.2, 0.25) is 0 Å². The minimum Gasteiger partial charge on any atom is -0.508 e. The summed E-state index contributed by atoms with van der Waals surface area (Å²) in [6.07, 6.45) is 0.275. The van der Waals surface area contributed by atoms with E-state index in [9.17, 15) is 24.3 Å². The second-order valence-corrected chi connectivity index (χ2v) is 9.64. The first kappa shape index (κ1) is 33.9. The Bertz CT molecular complexity index is 1280. The van der Waals surface area contributed by atoms with Crippen molar-refractivity contribution in [3.05, 3.63) is 65.7 Å². The average molecular weight is 598 g/mol. The van der Waals surface area contributed by atoms with Crippen LogP contribution in [-0.4, -0.2) is 77.0 Å². The monoisotopic (exact) mass is 597 g/mol. The molecule has 232 valence electrons. The van der Waals surface area contributed by atoms with E-state index in [1.165, 1.54) is 12.1 Å². The van der Waals surface area contributed by atoms with Gasteiger partial charge in [-0.2, -0.15) is 0 Å². The van der Waals surface area contributed by atoms with Crippen molar-refractivity contribution in [1.82, 2.24) is 16.0 Å². The number of rotatable bonds is 17. The highest BCUT2D eigenvalue weighted by atomic mass is 16.4. The van der Waals surface area contributed by atoms with Crippen molar-refractivity contribution in [1.29, 1.82) is 0 Å². The number of carboxylic acid groups (broad SMARTS) is 1. The van der Waals surface area contributed by atoms with Gasteiger partial charge in [0.2, 0.25) is 17.7 Å². The number of guanidine groups is 2. The molecule has 0 bridgehead atoms. The van der Waals surface area contributed by atoms with Gasteiger partial charge in [0.05, 0.1) is 6.42 Å². The number of aliphatic carboxylic acids is 1. The zero-order chi connectivity index (χ0) is 31.8. The van der Waals surface area contributed by atoms with Crippen LogP contribution in [0, 0.1) is 0 Å². The summed E-state index contributed by atoms with van der Waals surface area (Å²) in [5, 5.41) is 26.4. The molecule has 13 N–H and O–H groups in total. The number of hydrogen-bond acceptors (Lipinski definition) is 7. The third-order valence-electron chi connectivity index (χ3n) is 6.10. The van der Waals surface area contributed by atoms with Gasteiger partial charge in [-0.25, -0.2) is 4.99 Å². The highest BCUT2D eigenvalue weighted by Crippen LogP contribution is 2.13. The van der Waals surface area contributed by atoms with E-state index in [1.54, 1.807) is 42.5 Å². The van der Waals surface area contributed by atoms with E-state index in [0.29, 0.717) is 12.0 Å². The van der Waals surface area contributed by atoms with E-state index >= 15 is 0 Å². The SMILES string of the molecule is NC(N)=NCCC[C@@H](NC(=O)[C@H](Cc1ccc(O)cc1)N=C(N)N)C(=O)N[C@@H](Cc1ccccc1)C(=O)NCCC(=O)O. The summed E-state index contributed by atoms with van der Waals surface area (Å²) in [6, 6.07) is 11.7. The number of amides is 3. The van der Waals surface area contributed by atoms with E-state index in [1.807, 2.05) is 0 Å². The van der Waals surface area contributed by atoms with Crippen LogP contribution in [0.15, 0.2) is 64.6 Å². The quantitative estimate of drug-likeness (QED) is 0.0574.